The van der Waals surface area contributed by atoms with Crippen molar-refractivity contribution in [2.24, 2.45) is 11.8 Å². The van der Waals surface area contributed by atoms with Crippen LogP contribution in [0.5, 0.6) is 5.75 Å². The zero-order valence-electron chi connectivity index (χ0n) is 24.2. The number of carboxylic acid groups (broad SMARTS) is 2. The molecule has 4 rings (SSSR count). The van der Waals surface area contributed by atoms with Crippen LogP contribution in [0.2, 0.25) is 0 Å². The smallest absolute Gasteiger partial charge is 0.335 e. The number of aliphatic carboxylic acids is 2. The van der Waals surface area contributed by atoms with Crippen molar-refractivity contribution in [3.63, 3.8) is 0 Å². The number of piperidine rings is 1. The third-order valence-electron chi connectivity index (χ3n) is 8.71. The molecule has 2 aliphatic heterocycles. The molecule has 12 heteroatoms. The summed E-state index contributed by atoms with van der Waals surface area (Å²) < 4.78 is 11.0. The monoisotopic (exact) mass is 600 g/mol. The Morgan fingerprint density at radius 3 is 2.42 bits per heavy atom. The van der Waals surface area contributed by atoms with Crippen LogP contribution in [-0.2, 0) is 31.0 Å². The van der Waals surface area contributed by atoms with Gasteiger partial charge in [-0.15, -0.1) is 0 Å². The van der Waals surface area contributed by atoms with E-state index in [1.54, 1.807) is 18.2 Å². The number of hydrogen-bond donors (Lipinski definition) is 6. The summed E-state index contributed by atoms with van der Waals surface area (Å²) in [5.74, 6) is -2.86. The van der Waals surface area contributed by atoms with Crippen molar-refractivity contribution in [3.8, 4) is 5.75 Å². The van der Waals surface area contributed by atoms with Gasteiger partial charge < -0.3 is 45.2 Å². The molecule has 3 unspecified atom stereocenters. The normalized spacial score (nSPS) is 30.3. The molecule has 8 atom stereocenters. The van der Waals surface area contributed by atoms with Crippen molar-refractivity contribution in [2.75, 3.05) is 26.2 Å². The highest BCUT2D eigenvalue weighted by Gasteiger charge is 2.48. The zero-order valence-corrected chi connectivity index (χ0v) is 24.2. The molecule has 0 saturated carbocycles. The van der Waals surface area contributed by atoms with Crippen molar-refractivity contribution in [3.05, 3.63) is 65.7 Å². The van der Waals surface area contributed by atoms with Gasteiger partial charge in [0.1, 0.15) is 30.6 Å². The van der Waals surface area contributed by atoms with Gasteiger partial charge in [0, 0.05) is 13.1 Å². The van der Waals surface area contributed by atoms with E-state index in [4.69, 9.17) is 14.6 Å². The summed E-state index contributed by atoms with van der Waals surface area (Å²) in [5.41, 5.74) is 1.66. The van der Waals surface area contributed by atoms with Gasteiger partial charge in [0.15, 0.2) is 6.10 Å². The first-order valence-corrected chi connectivity index (χ1v) is 14.3. The van der Waals surface area contributed by atoms with Crippen molar-refractivity contribution < 1.29 is 49.4 Å². The molecule has 43 heavy (non-hydrogen) atoms. The number of carbonyl (C=O) groups is 3. The molecule has 12 nitrogen and oxygen atoms in total. The Bertz CT molecular complexity index is 1280. The average Bonchev–Trinajstić information content (AvgIpc) is 2.98. The van der Waals surface area contributed by atoms with Gasteiger partial charge in [0.05, 0.1) is 5.92 Å². The molecular weight excluding hydrogens is 560 g/mol. The number of nitrogens with one attached hydrogen (secondary N) is 1. The molecule has 0 aromatic heterocycles. The Labute approximate surface area is 249 Å². The minimum Gasteiger partial charge on any atom is -0.480 e. The lowest BCUT2D eigenvalue weighted by Gasteiger charge is -2.46. The van der Waals surface area contributed by atoms with Gasteiger partial charge in [0.2, 0.25) is 12.2 Å². The second kappa shape index (κ2) is 13.8. The van der Waals surface area contributed by atoms with Gasteiger partial charge >= 0.3 is 11.9 Å². The third-order valence-corrected chi connectivity index (χ3v) is 8.71. The van der Waals surface area contributed by atoms with Crippen LogP contribution in [-0.4, -0.2) is 105 Å². The van der Waals surface area contributed by atoms with Crippen molar-refractivity contribution in [1.82, 2.24) is 10.2 Å². The molecule has 0 bridgehead atoms. The Morgan fingerprint density at radius 2 is 1.77 bits per heavy atom. The van der Waals surface area contributed by atoms with E-state index in [0.29, 0.717) is 31.8 Å². The van der Waals surface area contributed by atoms with Crippen LogP contribution in [0, 0.1) is 11.8 Å². The lowest BCUT2D eigenvalue weighted by molar-refractivity contribution is -0.271. The Kier molecular flexibility index (Phi) is 10.4. The van der Waals surface area contributed by atoms with Crippen LogP contribution in [0.1, 0.15) is 31.4 Å². The second-order valence-electron chi connectivity index (χ2n) is 11.7. The maximum atomic E-state index is 13.0. The van der Waals surface area contributed by atoms with Crippen molar-refractivity contribution >= 4 is 17.8 Å². The number of aliphatic hydroxyl groups is 3. The fourth-order valence-electron chi connectivity index (χ4n) is 5.88. The molecule has 0 radical (unpaired) electrons. The first-order chi connectivity index (χ1) is 20.4. The molecule has 1 amide bonds. The number of nitrogens with zero attached hydrogens (tertiary/aromatic N) is 1. The number of aliphatic hydroxyl groups excluding tert-OH is 3. The molecule has 2 heterocycles. The zero-order chi connectivity index (χ0) is 31.3. The predicted molar refractivity (Wildman–Crippen MR) is 153 cm³/mol. The molecule has 2 aromatic carbocycles. The number of ether oxygens (including phenoxy) is 2. The van der Waals surface area contributed by atoms with E-state index in [9.17, 15) is 34.8 Å². The summed E-state index contributed by atoms with van der Waals surface area (Å²) in [5, 5.41) is 51.3. The Balaban J connectivity index is 1.44. The highest BCUT2D eigenvalue weighted by Crippen LogP contribution is 2.41. The number of hydrogen-bond acceptors (Lipinski definition) is 9. The molecule has 0 spiro atoms. The van der Waals surface area contributed by atoms with E-state index in [1.165, 1.54) is 0 Å². The molecular formula is C31H40N2O10. The molecule has 0 aliphatic carbocycles. The van der Waals surface area contributed by atoms with Crippen LogP contribution >= 0.6 is 0 Å². The highest BCUT2D eigenvalue weighted by molar-refractivity contribution is 5.83. The van der Waals surface area contributed by atoms with Crippen molar-refractivity contribution in [1.29, 1.82) is 0 Å². The van der Waals surface area contributed by atoms with Gasteiger partial charge in [-0.05, 0) is 54.0 Å². The maximum absolute atomic E-state index is 13.0. The number of carbonyl (C=O) groups excluding carboxylic acids is 1. The van der Waals surface area contributed by atoms with Gasteiger partial charge in [0.25, 0.3) is 0 Å². The second-order valence-corrected chi connectivity index (χ2v) is 11.7. The molecule has 2 fully saturated rings. The van der Waals surface area contributed by atoms with Gasteiger partial charge in [-0.1, -0.05) is 56.3 Å². The average molecular weight is 601 g/mol. The van der Waals surface area contributed by atoms with E-state index >= 15 is 0 Å². The lowest BCUT2D eigenvalue weighted by atomic mass is 9.68. The predicted octanol–water partition coefficient (Wildman–Crippen LogP) is 0.617. The molecule has 2 aromatic rings. The quantitative estimate of drug-likeness (QED) is 0.212. The number of rotatable bonds is 11. The van der Waals surface area contributed by atoms with Crippen LogP contribution in [0.3, 0.4) is 0 Å². The lowest BCUT2D eigenvalue weighted by Crippen LogP contribution is -2.61. The summed E-state index contributed by atoms with van der Waals surface area (Å²) in [7, 11) is 0. The summed E-state index contributed by atoms with van der Waals surface area (Å²) in [6, 6.07) is 16.8. The number of amides is 1. The number of likely N-dealkylation sites (tertiary alicyclic amines) is 1. The largest absolute Gasteiger partial charge is 0.480 e. The van der Waals surface area contributed by atoms with Crippen LogP contribution < -0.4 is 10.1 Å². The Morgan fingerprint density at radius 1 is 1.05 bits per heavy atom. The summed E-state index contributed by atoms with van der Waals surface area (Å²) in [6.07, 6.45) is -7.26. The van der Waals surface area contributed by atoms with Gasteiger partial charge in [-0.2, -0.15) is 0 Å². The van der Waals surface area contributed by atoms with E-state index < -0.39 is 55.1 Å². The van der Waals surface area contributed by atoms with Gasteiger partial charge in [-0.25, -0.2) is 4.79 Å². The molecule has 2 saturated heterocycles. The van der Waals surface area contributed by atoms with E-state index in [2.05, 4.69) is 24.1 Å². The van der Waals surface area contributed by atoms with E-state index in [1.807, 2.05) is 36.4 Å². The molecule has 6 N–H and O–H groups in total. The summed E-state index contributed by atoms with van der Waals surface area (Å²) >= 11 is 0. The SMILES string of the molecule is CC1CN(CC(Cc2ccccc2)C(=O)NCC(=O)O)CCC1(C)c1cccc(O[C@@H]2O[C@H](C(=O)O)[C@@H](O)[C@H](O)[C@H]2O)c1. The fourth-order valence-corrected chi connectivity index (χ4v) is 5.88. The van der Waals surface area contributed by atoms with E-state index in [-0.39, 0.29) is 17.2 Å². The van der Waals surface area contributed by atoms with Gasteiger partial charge in [-0.3, -0.25) is 9.59 Å². The summed E-state index contributed by atoms with van der Waals surface area (Å²) in [6.45, 7) is 5.68. The fraction of sp³-hybridized carbons (Fsp3) is 0.516. The van der Waals surface area contributed by atoms with E-state index in [0.717, 1.165) is 17.5 Å². The van der Waals surface area contributed by atoms with Crippen LogP contribution in [0.4, 0.5) is 0 Å². The molecule has 234 valence electrons. The highest BCUT2D eigenvalue weighted by atomic mass is 16.7. The topological polar surface area (TPSA) is 186 Å². The first kappa shape index (κ1) is 32.4. The summed E-state index contributed by atoms with van der Waals surface area (Å²) in [4.78, 5) is 37.7. The maximum Gasteiger partial charge on any atom is 0.335 e. The minimum absolute atomic E-state index is 0.140. The third kappa shape index (κ3) is 7.70. The first-order valence-electron chi connectivity index (χ1n) is 14.3. The number of benzene rings is 2. The standard InChI is InChI=1S/C31H40N2O10/c1-18-16-33(17-20(28(39)32-15-23(34)35)13-19-7-4-3-5-8-19)12-11-31(18,2)21-9-6-10-22(14-21)42-30-26(38)24(36)25(37)27(43-30)29(40)41/h3-10,14,18,20,24-27,30,36-38H,11-13,15-17H2,1-2H3,(H,32,39)(H,34,35)(H,40,41)/t18?,20?,24-,25-,26+,27-,30+,31?/m0/s1. The minimum atomic E-state index is -1.81. The Hall–Kier alpha value is -3.55. The molecule has 2 aliphatic rings. The van der Waals surface area contributed by atoms with Crippen LogP contribution in [0.25, 0.3) is 0 Å². The van der Waals surface area contributed by atoms with Crippen molar-refractivity contribution in [2.45, 2.75) is 62.8 Å². The number of carboxylic acids is 2. The van der Waals surface area contributed by atoms with Crippen LogP contribution in [0.15, 0.2) is 54.6 Å².